The van der Waals surface area contributed by atoms with Crippen molar-refractivity contribution in [2.24, 2.45) is 0 Å². The van der Waals surface area contributed by atoms with Crippen LogP contribution in [0.4, 0.5) is 4.39 Å². The fraction of sp³-hybridized carbons (Fsp3) is 0.562. The molecule has 0 saturated carbocycles. The lowest BCUT2D eigenvalue weighted by Crippen LogP contribution is -2.44. The summed E-state index contributed by atoms with van der Waals surface area (Å²) in [6.45, 7) is 0.488. The van der Waals surface area contributed by atoms with Gasteiger partial charge in [0.2, 0.25) is 10.0 Å². The first kappa shape index (κ1) is 18.8. The van der Waals surface area contributed by atoms with E-state index in [0.717, 1.165) is 19.4 Å². The number of hydrogen-bond acceptors (Lipinski definition) is 4. The quantitative estimate of drug-likeness (QED) is 0.767. The Labute approximate surface area is 142 Å². The fourth-order valence-corrected chi connectivity index (χ4v) is 3.83. The largest absolute Gasteiger partial charge is 0.350 e. The van der Waals surface area contributed by atoms with E-state index >= 15 is 0 Å². The van der Waals surface area contributed by atoms with Crippen LogP contribution in [0.25, 0.3) is 0 Å². The van der Waals surface area contributed by atoms with E-state index in [0.29, 0.717) is 12.6 Å². The molecule has 0 aromatic heterocycles. The van der Waals surface area contributed by atoms with E-state index in [1.807, 2.05) is 7.05 Å². The van der Waals surface area contributed by atoms with Crippen molar-refractivity contribution in [1.29, 1.82) is 0 Å². The first-order valence-electron chi connectivity index (χ1n) is 8.08. The summed E-state index contributed by atoms with van der Waals surface area (Å²) >= 11 is 0. The number of likely N-dealkylation sites (tertiary alicyclic amines) is 1. The minimum absolute atomic E-state index is 0.0432. The number of nitrogens with one attached hydrogen (secondary N) is 2. The maximum atomic E-state index is 12.3. The molecular weight excluding hydrogens is 333 g/mol. The molecular formula is C16H24FN3O3S. The van der Waals surface area contributed by atoms with Gasteiger partial charge >= 0.3 is 0 Å². The average molecular weight is 357 g/mol. The number of sulfonamides is 1. The first-order chi connectivity index (χ1) is 11.4. The maximum absolute atomic E-state index is 12.3. The third-order valence-electron chi connectivity index (χ3n) is 4.21. The average Bonchev–Trinajstić information content (AvgIpc) is 2.59. The molecule has 8 heteroatoms. The van der Waals surface area contributed by atoms with Gasteiger partial charge in [0.25, 0.3) is 5.91 Å². The molecule has 1 aliphatic heterocycles. The number of carbonyl (C=O) groups excluding carboxylic acids is 1. The van der Waals surface area contributed by atoms with Crippen LogP contribution < -0.4 is 10.0 Å². The predicted octanol–water partition coefficient (Wildman–Crippen LogP) is 1.15. The molecule has 1 fully saturated rings. The SMILES string of the molecule is CN1CCCC[C@H]1CNC(=O)c1cccc(S(=O)(=O)NCCF)c1. The van der Waals surface area contributed by atoms with Crippen molar-refractivity contribution >= 4 is 15.9 Å². The Kier molecular flexibility index (Phi) is 6.70. The molecule has 2 rings (SSSR count). The van der Waals surface area contributed by atoms with Crippen LogP contribution in [0.1, 0.15) is 29.6 Å². The fourth-order valence-electron chi connectivity index (χ4n) is 2.78. The highest BCUT2D eigenvalue weighted by molar-refractivity contribution is 7.89. The minimum atomic E-state index is -3.80. The second kappa shape index (κ2) is 8.55. The van der Waals surface area contributed by atoms with Gasteiger partial charge in [0.15, 0.2) is 0 Å². The summed E-state index contributed by atoms with van der Waals surface area (Å²) in [5, 5.41) is 2.87. The topological polar surface area (TPSA) is 78.5 Å². The summed E-state index contributed by atoms with van der Waals surface area (Å²) in [5.74, 6) is -0.309. The zero-order valence-corrected chi connectivity index (χ0v) is 14.6. The Morgan fingerprint density at radius 3 is 2.88 bits per heavy atom. The molecule has 0 aliphatic carbocycles. The molecule has 1 aromatic rings. The van der Waals surface area contributed by atoms with Crippen LogP contribution in [-0.4, -0.2) is 58.6 Å². The van der Waals surface area contributed by atoms with Crippen LogP contribution in [0.2, 0.25) is 0 Å². The van der Waals surface area contributed by atoms with Gasteiger partial charge in [0, 0.05) is 24.7 Å². The molecule has 0 unspecified atom stereocenters. The summed E-state index contributed by atoms with van der Waals surface area (Å²) < 4.78 is 38.3. The molecule has 24 heavy (non-hydrogen) atoms. The Balaban J connectivity index is 2.01. The van der Waals surface area contributed by atoms with Crippen LogP contribution >= 0.6 is 0 Å². The van der Waals surface area contributed by atoms with E-state index in [4.69, 9.17) is 0 Å². The number of halogens is 1. The molecule has 2 N–H and O–H groups in total. The second-order valence-corrected chi connectivity index (χ2v) is 7.72. The first-order valence-corrected chi connectivity index (χ1v) is 9.56. The van der Waals surface area contributed by atoms with Gasteiger partial charge in [-0.25, -0.2) is 17.5 Å². The molecule has 0 radical (unpaired) electrons. The molecule has 134 valence electrons. The van der Waals surface area contributed by atoms with Crippen molar-refractivity contribution in [3.05, 3.63) is 29.8 Å². The smallest absolute Gasteiger partial charge is 0.251 e. The van der Waals surface area contributed by atoms with Gasteiger partial charge in [0.05, 0.1) is 4.90 Å². The highest BCUT2D eigenvalue weighted by Gasteiger charge is 2.20. The zero-order chi connectivity index (χ0) is 17.6. The van der Waals surface area contributed by atoms with E-state index in [-0.39, 0.29) is 22.9 Å². The lowest BCUT2D eigenvalue weighted by Gasteiger charge is -2.32. The number of carbonyl (C=O) groups is 1. The Morgan fingerprint density at radius 1 is 1.38 bits per heavy atom. The van der Waals surface area contributed by atoms with Crippen molar-refractivity contribution in [2.75, 3.05) is 33.4 Å². The highest BCUT2D eigenvalue weighted by Crippen LogP contribution is 2.15. The summed E-state index contributed by atoms with van der Waals surface area (Å²) in [5.41, 5.74) is 0.275. The number of nitrogens with zero attached hydrogens (tertiary/aromatic N) is 1. The number of rotatable bonds is 7. The second-order valence-electron chi connectivity index (χ2n) is 5.95. The number of likely N-dealkylation sites (N-methyl/N-ethyl adjacent to an activating group) is 1. The number of amides is 1. The van der Waals surface area contributed by atoms with Crippen molar-refractivity contribution in [2.45, 2.75) is 30.2 Å². The molecule has 0 spiro atoms. The van der Waals surface area contributed by atoms with Crippen molar-refractivity contribution in [3.8, 4) is 0 Å². The standard InChI is InChI=1S/C16H24FN3O3S/c1-20-10-3-2-6-14(20)12-18-16(21)13-5-4-7-15(11-13)24(22,23)19-9-8-17/h4-5,7,11,14,19H,2-3,6,8-10,12H2,1H3,(H,18,21)/t14-/m0/s1. The third-order valence-corrected chi connectivity index (χ3v) is 5.67. The van der Waals surface area contributed by atoms with Crippen molar-refractivity contribution < 1.29 is 17.6 Å². The molecule has 1 amide bonds. The lowest BCUT2D eigenvalue weighted by atomic mass is 10.0. The van der Waals surface area contributed by atoms with Gasteiger partial charge in [-0.05, 0) is 44.6 Å². The number of benzene rings is 1. The monoisotopic (exact) mass is 357 g/mol. The molecule has 6 nitrogen and oxygen atoms in total. The number of piperidine rings is 1. The van der Waals surface area contributed by atoms with Gasteiger partial charge in [0.1, 0.15) is 6.67 Å². The van der Waals surface area contributed by atoms with E-state index in [1.54, 1.807) is 6.07 Å². The maximum Gasteiger partial charge on any atom is 0.251 e. The summed E-state index contributed by atoms with van der Waals surface area (Å²) in [6.07, 6.45) is 3.37. The van der Waals surface area contributed by atoms with E-state index in [9.17, 15) is 17.6 Å². The Hall–Kier alpha value is -1.51. The molecule has 1 aliphatic rings. The van der Waals surface area contributed by atoms with Gasteiger partial charge in [-0.1, -0.05) is 12.5 Å². The minimum Gasteiger partial charge on any atom is -0.350 e. The molecule has 1 atom stereocenters. The van der Waals surface area contributed by atoms with Crippen LogP contribution in [0, 0.1) is 0 Å². The number of hydrogen-bond donors (Lipinski definition) is 2. The predicted molar refractivity (Wildman–Crippen MR) is 90.2 cm³/mol. The molecule has 1 heterocycles. The van der Waals surface area contributed by atoms with Crippen LogP contribution in [-0.2, 0) is 10.0 Å². The van der Waals surface area contributed by atoms with Gasteiger partial charge in [-0.3, -0.25) is 4.79 Å². The molecule has 0 bridgehead atoms. The summed E-state index contributed by atoms with van der Waals surface area (Å²) in [7, 11) is -1.76. The summed E-state index contributed by atoms with van der Waals surface area (Å²) in [4.78, 5) is 14.5. The van der Waals surface area contributed by atoms with E-state index in [2.05, 4.69) is 14.9 Å². The molecule has 1 saturated heterocycles. The molecule has 1 aromatic carbocycles. The van der Waals surface area contributed by atoms with Crippen LogP contribution in [0.3, 0.4) is 0 Å². The van der Waals surface area contributed by atoms with E-state index < -0.39 is 16.7 Å². The normalized spacial score (nSPS) is 19.2. The van der Waals surface area contributed by atoms with Crippen LogP contribution in [0.15, 0.2) is 29.2 Å². The lowest BCUT2D eigenvalue weighted by molar-refractivity contribution is 0.0928. The highest BCUT2D eigenvalue weighted by atomic mass is 32.2. The Bertz CT molecular complexity index is 666. The van der Waals surface area contributed by atoms with E-state index in [1.165, 1.54) is 24.6 Å². The van der Waals surface area contributed by atoms with Crippen molar-refractivity contribution in [1.82, 2.24) is 14.9 Å². The van der Waals surface area contributed by atoms with Gasteiger partial charge in [-0.15, -0.1) is 0 Å². The van der Waals surface area contributed by atoms with Crippen molar-refractivity contribution in [3.63, 3.8) is 0 Å². The zero-order valence-electron chi connectivity index (χ0n) is 13.8. The number of alkyl halides is 1. The Morgan fingerprint density at radius 2 is 2.17 bits per heavy atom. The third kappa shape index (κ3) is 4.99. The van der Waals surface area contributed by atoms with Gasteiger partial charge in [-0.2, -0.15) is 0 Å². The van der Waals surface area contributed by atoms with Crippen LogP contribution in [0.5, 0.6) is 0 Å². The van der Waals surface area contributed by atoms with Gasteiger partial charge < -0.3 is 10.2 Å². The summed E-state index contributed by atoms with van der Waals surface area (Å²) in [6, 6.07) is 6.06.